The number of aryl methyl sites for hydroxylation is 1. The fourth-order valence-corrected chi connectivity index (χ4v) is 3.32. The van der Waals surface area contributed by atoms with Gasteiger partial charge in [-0.1, -0.05) is 81.5 Å². The lowest BCUT2D eigenvalue weighted by Gasteiger charge is -2.18. The summed E-state index contributed by atoms with van der Waals surface area (Å²) < 4.78 is 10.5. The highest BCUT2D eigenvalue weighted by atomic mass is 16.5. The summed E-state index contributed by atoms with van der Waals surface area (Å²) in [5.41, 5.74) is 4.16. The van der Waals surface area contributed by atoms with Gasteiger partial charge in [-0.15, -0.1) is 0 Å². The summed E-state index contributed by atoms with van der Waals surface area (Å²) in [4.78, 5) is 23.8. The molecule has 0 radical (unpaired) electrons. The molecule has 2 aromatic rings. The Bertz CT molecular complexity index is 927. The molecule has 6 heteroatoms. The summed E-state index contributed by atoms with van der Waals surface area (Å²) in [6, 6.07) is 16.3. The number of hydrogen-bond acceptors (Lipinski definition) is 6. The molecule has 0 aliphatic heterocycles. The fourth-order valence-electron chi connectivity index (χ4n) is 3.32. The number of rotatable bonds is 14. The molecule has 0 saturated carbocycles. The van der Waals surface area contributed by atoms with Crippen LogP contribution >= 0.6 is 0 Å². The van der Waals surface area contributed by atoms with E-state index in [1.54, 1.807) is 0 Å². The van der Waals surface area contributed by atoms with Crippen molar-refractivity contribution < 1.29 is 29.3 Å². The van der Waals surface area contributed by atoms with E-state index in [1.807, 2.05) is 24.3 Å². The first-order valence-corrected chi connectivity index (χ1v) is 11.5. The molecule has 2 aromatic carbocycles. The fraction of sp³-hybridized carbons (Fsp3) is 0.357. The molecule has 182 valence electrons. The molecule has 0 bridgehead atoms. The lowest BCUT2D eigenvalue weighted by molar-refractivity contribution is -0.142. The Morgan fingerprint density at radius 2 is 1.26 bits per heavy atom. The lowest BCUT2D eigenvalue weighted by Crippen LogP contribution is -2.21. The standard InChI is InChI=1S/C28H34O6/c1-4-5-6-7-22-8-10-23(11-9-22)24-12-14-25(15-13-24)26(18-33-27(31)20(2)16-29)19-34-28(32)21(3)17-30/h8-15,26,29-30H,2-7,16-19H2,1H3. The van der Waals surface area contributed by atoms with Gasteiger partial charge in [0.05, 0.1) is 30.3 Å². The van der Waals surface area contributed by atoms with Gasteiger partial charge in [0.15, 0.2) is 0 Å². The summed E-state index contributed by atoms with van der Waals surface area (Å²) in [5, 5.41) is 18.1. The third kappa shape index (κ3) is 8.28. The molecule has 0 spiro atoms. The molecule has 0 aliphatic carbocycles. The number of carbonyl (C=O) groups is 2. The maximum absolute atomic E-state index is 11.9. The van der Waals surface area contributed by atoms with Gasteiger partial charge in [-0.05, 0) is 35.1 Å². The average Bonchev–Trinajstić information content (AvgIpc) is 2.88. The predicted molar refractivity (Wildman–Crippen MR) is 132 cm³/mol. The van der Waals surface area contributed by atoms with Crippen LogP contribution in [0.4, 0.5) is 0 Å². The first-order chi connectivity index (χ1) is 16.4. The first kappa shape index (κ1) is 27.0. The van der Waals surface area contributed by atoms with Crippen LogP contribution in [0.3, 0.4) is 0 Å². The third-order valence-corrected chi connectivity index (χ3v) is 5.53. The molecule has 0 amide bonds. The molecule has 0 unspecified atom stereocenters. The molecule has 0 aliphatic rings. The van der Waals surface area contributed by atoms with Crippen LogP contribution in [0, 0.1) is 0 Å². The first-order valence-electron chi connectivity index (χ1n) is 11.5. The molecule has 0 aromatic heterocycles. The van der Waals surface area contributed by atoms with E-state index in [0.29, 0.717) is 0 Å². The van der Waals surface area contributed by atoms with Gasteiger partial charge in [0.25, 0.3) is 0 Å². The van der Waals surface area contributed by atoms with Crippen molar-refractivity contribution in [2.24, 2.45) is 0 Å². The molecule has 0 atom stereocenters. The van der Waals surface area contributed by atoms with Gasteiger partial charge in [-0.3, -0.25) is 0 Å². The van der Waals surface area contributed by atoms with Gasteiger partial charge in [0.1, 0.15) is 13.2 Å². The maximum Gasteiger partial charge on any atom is 0.335 e. The van der Waals surface area contributed by atoms with Crippen LogP contribution in [-0.2, 0) is 25.5 Å². The van der Waals surface area contributed by atoms with Crippen molar-refractivity contribution in [1.82, 2.24) is 0 Å². The number of esters is 2. The minimum absolute atomic E-state index is 0.0575. The highest BCUT2D eigenvalue weighted by Crippen LogP contribution is 2.25. The van der Waals surface area contributed by atoms with Crippen molar-refractivity contribution in [1.29, 1.82) is 0 Å². The topological polar surface area (TPSA) is 93.1 Å². The number of aliphatic hydroxyl groups is 2. The minimum atomic E-state index is -0.714. The van der Waals surface area contributed by atoms with Crippen molar-refractivity contribution in [3.63, 3.8) is 0 Å². The van der Waals surface area contributed by atoms with Crippen LogP contribution < -0.4 is 0 Å². The van der Waals surface area contributed by atoms with Crippen molar-refractivity contribution in [2.45, 2.75) is 38.5 Å². The van der Waals surface area contributed by atoms with Crippen molar-refractivity contribution in [2.75, 3.05) is 26.4 Å². The number of carbonyl (C=O) groups excluding carboxylic acids is 2. The molecular weight excluding hydrogens is 432 g/mol. The van der Waals surface area contributed by atoms with E-state index >= 15 is 0 Å². The number of benzene rings is 2. The van der Waals surface area contributed by atoms with Crippen molar-refractivity contribution in [3.8, 4) is 11.1 Å². The van der Waals surface area contributed by atoms with E-state index in [1.165, 1.54) is 24.8 Å². The zero-order chi connectivity index (χ0) is 24.9. The highest BCUT2D eigenvalue weighted by Gasteiger charge is 2.19. The van der Waals surface area contributed by atoms with Crippen LogP contribution in [0.15, 0.2) is 72.8 Å². The van der Waals surface area contributed by atoms with E-state index in [0.717, 1.165) is 23.1 Å². The van der Waals surface area contributed by atoms with E-state index in [4.69, 9.17) is 19.7 Å². The lowest BCUT2D eigenvalue weighted by atomic mass is 9.96. The van der Waals surface area contributed by atoms with E-state index in [2.05, 4.69) is 44.3 Å². The van der Waals surface area contributed by atoms with Gasteiger partial charge < -0.3 is 19.7 Å². The molecule has 0 heterocycles. The van der Waals surface area contributed by atoms with Gasteiger partial charge >= 0.3 is 11.9 Å². The largest absolute Gasteiger partial charge is 0.461 e. The predicted octanol–water partition coefficient (Wildman–Crippen LogP) is 4.35. The van der Waals surface area contributed by atoms with Crippen molar-refractivity contribution >= 4 is 11.9 Å². The summed E-state index contributed by atoms with van der Waals surface area (Å²) >= 11 is 0. The number of unbranched alkanes of at least 4 members (excludes halogenated alkanes) is 2. The number of ether oxygens (including phenoxy) is 2. The Hall–Kier alpha value is -3.22. The normalized spacial score (nSPS) is 10.7. The summed E-state index contributed by atoms with van der Waals surface area (Å²) in [6.07, 6.45) is 4.71. The molecular formula is C28H34O6. The SMILES string of the molecule is C=C(CO)C(=O)OCC(COC(=O)C(=C)CO)c1ccc(-c2ccc(CCCCC)cc2)cc1. The summed E-state index contributed by atoms with van der Waals surface area (Å²) in [6.45, 7) is 7.98. The second-order valence-electron chi connectivity index (χ2n) is 8.19. The van der Waals surface area contributed by atoms with E-state index in [-0.39, 0.29) is 24.4 Å². The Labute approximate surface area is 201 Å². The zero-order valence-corrected chi connectivity index (χ0v) is 19.8. The van der Waals surface area contributed by atoms with Gasteiger partial charge in [0.2, 0.25) is 0 Å². The van der Waals surface area contributed by atoms with Crippen LogP contribution in [0.5, 0.6) is 0 Å². The third-order valence-electron chi connectivity index (χ3n) is 5.53. The number of hydrogen-bond donors (Lipinski definition) is 2. The Kier molecular flexibility index (Phi) is 11.2. The minimum Gasteiger partial charge on any atom is -0.461 e. The van der Waals surface area contributed by atoms with E-state index < -0.39 is 31.1 Å². The molecule has 6 nitrogen and oxygen atoms in total. The quantitative estimate of drug-likeness (QED) is 0.244. The van der Waals surface area contributed by atoms with Gasteiger partial charge in [-0.25, -0.2) is 9.59 Å². The van der Waals surface area contributed by atoms with Crippen LogP contribution in [0.2, 0.25) is 0 Å². The summed E-state index contributed by atoms with van der Waals surface area (Å²) in [5.74, 6) is -1.87. The van der Waals surface area contributed by atoms with Crippen LogP contribution in [0.1, 0.15) is 43.2 Å². The van der Waals surface area contributed by atoms with Gasteiger partial charge in [-0.2, -0.15) is 0 Å². The smallest absolute Gasteiger partial charge is 0.335 e. The number of aliphatic hydroxyl groups excluding tert-OH is 2. The molecule has 0 saturated heterocycles. The van der Waals surface area contributed by atoms with Crippen molar-refractivity contribution in [3.05, 3.63) is 84.0 Å². The molecule has 0 fully saturated rings. The highest BCUT2D eigenvalue weighted by molar-refractivity contribution is 5.88. The second kappa shape index (κ2) is 14.1. The molecule has 2 rings (SSSR count). The second-order valence-corrected chi connectivity index (χ2v) is 8.19. The Morgan fingerprint density at radius 1 is 0.794 bits per heavy atom. The molecule has 2 N–H and O–H groups in total. The van der Waals surface area contributed by atoms with Crippen LogP contribution in [-0.4, -0.2) is 48.6 Å². The summed E-state index contributed by atoms with van der Waals surface area (Å²) in [7, 11) is 0. The Balaban J connectivity index is 2.11. The molecule has 34 heavy (non-hydrogen) atoms. The Morgan fingerprint density at radius 3 is 1.71 bits per heavy atom. The average molecular weight is 467 g/mol. The monoisotopic (exact) mass is 466 g/mol. The zero-order valence-electron chi connectivity index (χ0n) is 19.8. The van der Waals surface area contributed by atoms with Crippen LogP contribution in [0.25, 0.3) is 11.1 Å². The van der Waals surface area contributed by atoms with Gasteiger partial charge in [0, 0.05) is 0 Å². The maximum atomic E-state index is 11.9. The van der Waals surface area contributed by atoms with E-state index in [9.17, 15) is 9.59 Å².